The van der Waals surface area contributed by atoms with E-state index in [9.17, 15) is 9.59 Å². The molecule has 0 spiro atoms. The number of amides is 2. The number of hydrogen-bond donors (Lipinski definition) is 3. The van der Waals surface area contributed by atoms with Crippen LogP contribution in [0, 0.1) is 5.92 Å². The van der Waals surface area contributed by atoms with E-state index in [1.807, 2.05) is 19.1 Å². The van der Waals surface area contributed by atoms with Gasteiger partial charge in [-0.15, -0.1) is 0 Å². The summed E-state index contributed by atoms with van der Waals surface area (Å²) in [7, 11) is 0. The third-order valence-corrected chi connectivity index (χ3v) is 4.84. The van der Waals surface area contributed by atoms with Gasteiger partial charge in [0.25, 0.3) is 0 Å². The lowest BCUT2D eigenvalue weighted by molar-refractivity contribution is -0.122. The highest BCUT2D eigenvalue weighted by molar-refractivity contribution is 5.93. The number of benzene rings is 1. The number of aryl methyl sites for hydroxylation is 1. The van der Waals surface area contributed by atoms with Gasteiger partial charge >= 0.3 is 0 Å². The molecule has 124 valence electrons. The van der Waals surface area contributed by atoms with Gasteiger partial charge in [-0.3, -0.25) is 9.59 Å². The van der Waals surface area contributed by atoms with Crippen molar-refractivity contribution in [2.45, 2.75) is 45.1 Å². The Hall–Kier alpha value is -1.88. The molecule has 2 amide bonds. The Morgan fingerprint density at radius 3 is 3.04 bits per heavy atom. The Labute approximate surface area is 137 Å². The number of carbonyl (C=O) groups is 2. The van der Waals surface area contributed by atoms with E-state index < -0.39 is 0 Å². The molecule has 1 aromatic rings. The van der Waals surface area contributed by atoms with Crippen LogP contribution in [0.1, 0.15) is 49.8 Å². The molecule has 3 N–H and O–H groups in total. The van der Waals surface area contributed by atoms with Gasteiger partial charge in [-0.25, -0.2) is 0 Å². The highest BCUT2D eigenvalue weighted by Gasteiger charge is 2.19. The van der Waals surface area contributed by atoms with Crippen LogP contribution >= 0.6 is 0 Å². The number of nitrogens with one attached hydrogen (secondary N) is 3. The maximum atomic E-state index is 12.1. The molecule has 2 aliphatic heterocycles. The fraction of sp³-hybridized carbons (Fsp3) is 0.556. The first-order valence-corrected chi connectivity index (χ1v) is 8.54. The third kappa shape index (κ3) is 4.10. The second-order valence-electron chi connectivity index (χ2n) is 6.65. The van der Waals surface area contributed by atoms with Crippen molar-refractivity contribution < 1.29 is 9.59 Å². The Bertz CT molecular complexity index is 594. The number of rotatable bonds is 5. The van der Waals surface area contributed by atoms with Gasteiger partial charge in [0, 0.05) is 18.5 Å². The van der Waals surface area contributed by atoms with Gasteiger partial charge in [-0.05, 0) is 62.4 Å². The van der Waals surface area contributed by atoms with Crippen LogP contribution in [0.3, 0.4) is 0 Å². The van der Waals surface area contributed by atoms with E-state index in [0.29, 0.717) is 18.8 Å². The van der Waals surface area contributed by atoms with Gasteiger partial charge in [0.2, 0.25) is 11.8 Å². The van der Waals surface area contributed by atoms with Crippen LogP contribution in [0.15, 0.2) is 18.2 Å². The van der Waals surface area contributed by atoms with Gasteiger partial charge in [0.05, 0.1) is 6.04 Å². The molecule has 1 fully saturated rings. The minimum atomic E-state index is -0.00729. The maximum absolute atomic E-state index is 12.1. The number of hydrogen-bond acceptors (Lipinski definition) is 3. The Kier molecular flexibility index (Phi) is 4.96. The maximum Gasteiger partial charge on any atom is 0.224 e. The molecule has 2 atom stereocenters. The first kappa shape index (κ1) is 16.0. The van der Waals surface area contributed by atoms with Gasteiger partial charge in [0.15, 0.2) is 0 Å². The summed E-state index contributed by atoms with van der Waals surface area (Å²) < 4.78 is 0. The predicted octanol–water partition coefficient (Wildman–Crippen LogP) is 2.14. The summed E-state index contributed by atoms with van der Waals surface area (Å²) in [5.41, 5.74) is 3.15. The van der Waals surface area contributed by atoms with Crippen LogP contribution in [0.4, 0.5) is 5.69 Å². The normalized spacial score (nSPS) is 21.4. The molecule has 1 aromatic carbocycles. The Morgan fingerprint density at radius 1 is 1.39 bits per heavy atom. The summed E-state index contributed by atoms with van der Waals surface area (Å²) in [5.74, 6) is 0.840. The molecule has 0 bridgehead atoms. The number of fused-ring (bicyclic) bond motifs is 1. The monoisotopic (exact) mass is 315 g/mol. The van der Waals surface area contributed by atoms with Crippen molar-refractivity contribution in [1.29, 1.82) is 0 Å². The van der Waals surface area contributed by atoms with Crippen molar-refractivity contribution in [2.24, 2.45) is 5.92 Å². The molecule has 2 unspecified atom stereocenters. The molecule has 0 radical (unpaired) electrons. The van der Waals surface area contributed by atoms with E-state index in [2.05, 4.69) is 22.0 Å². The van der Waals surface area contributed by atoms with Crippen molar-refractivity contribution in [2.75, 3.05) is 18.4 Å². The van der Waals surface area contributed by atoms with E-state index in [4.69, 9.17) is 0 Å². The molecular formula is C18H25N3O2. The Morgan fingerprint density at radius 2 is 2.26 bits per heavy atom. The molecule has 0 saturated carbocycles. The molecule has 5 nitrogen and oxygen atoms in total. The first-order chi connectivity index (χ1) is 11.1. The van der Waals surface area contributed by atoms with E-state index in [1.165, 1.54) is 6.42 Å². The standard InChI is InChI=1S/C18H25N3O2/c1-12(20-17(22)6-2-13-8-9-19-11-13)14-3-5-16-15(10-14)4-7-18(23)21-16/h3,5,10,12-13,19H,2,4,6-9,11H2,1H3,(H,20,22)(H,21,23). The van der Waals surface area contributed by atoms with Crippen LogP contribution in [0.25, 0.3) is 0 Å². The lowest BCUT2D eigenvalue weighted by Gasteiger charge is -2.20. The molecule has 0 aromatic heterocycles. The molecule has 2 heterocycles. The zero-order valence-electron chi connectivity index (χ0n) is 13.7. The highest BCUT2D eigenvalue weighted by atomic mass is 16.2. The third-order valence-electron chi connectivity index (χ3n) is 4.84. The van der Waals surface area contributed by atoms with Crippen LogP contribution < -0.4 is 16.0 Å². The average Bonchev–Trinajstić information content (AvgIpc) is 3.05. The largest absolute Gasteiger partial charge is 0.350 e. The topological polar surface area (TPSA) is 70.2 Å². The summed E-state index contributed by atoms with van der Waals surface area (Å²) in [4.78, 5) is 23.5. The quantitative estimate of drug-likeness (QED) is 0.779. The van der Waals surface area contributed by atoms with E-state index >= 15 is 0 Å². The SMILES string of the molecule is CC(NC(=O)CCC1CCNC1)c1ccc2c(c1)CCC(=O)N2. The molecule has 1 saturated heterocycles. The van der Waals surface area contributed by atoms with Gasteiger partial charge in [0.1, 0.15) is 0 Å². The average molecular weight is 315 g/mol. The van der Waals surface area contributed by atoms with Crippen LogP contribution in [0.5, 0.6) is 0 Å². The van der Waals surface area contributed by atoms with Crippen molar-refractivity contribution in [3.8, 4) is 0 Å². The second kappa shape index (κ2) is 7.13. The van der Waals surface area contributed by atoms with Crippen LogP contribution in [0.2, 0.25) is 0 Å². The molecule has 3 rings (SSSR count). The summed E-state index contributed by atoms with van der Waals surface area (Å²) >= 11 is 0. The molecule has 0 aliphatic carbocycles. The summed E-state index contributed by atoms with van der Waals surface area (Å²) in [6, 6.07) is 6.01. The zero-order chi connectivity index (χ0) is 16.2. The lowest BCUT2D eigenvalue weighted by Crippen LogP contribution is -2.27. The van der Waals surface area contributed by atoms with Crippen molar-refractivity contribution in [3.05, 3.63) is 29.3 Å². The number of carbonyl (C=O) groups excluding carboxylic acids is 2. The van der Waals surface area contributed by atoms with Crippen LogP contribution in [-0.4, -0.2) is 24.9 Å². The fourth-order valence-corrected chi connectivity index (χ4v) is 3.37. The van der Waals surface area contributed by atoms with E-state index in [-0.39, 0.29) is 17.9 Å². The predicted molar refractivity (Wildman–Crippen MR) is 90.2 cm³/mol. The fourth-order valence-electron chi connectivity index (χ4n) is 3.37. The van der Waals surface area contributed by atoms with Gasteiger partial charge < -0.3 is 16.0 Å². The van der Waals surface area contributed by atoms with Crippen molar-refractivity contribution in [3.63, 3.8) is 0 Å². The minimum Gasteiger partial charge on any atom is -0.350 e. The zero-order valence-corrected chi connectivity index (χ0v) is 13.7. The molecular weight excluding hydrogens is 290 g/mol. The molecule has 23 heavy (non-hydrogen) atoms. The molecule has 5 heteroatoms. The first-order valence-electron chi connectivity index (χ1n) is 8.54. The summed E-state index contributed by atoms with van der Waals surface area (Å²) in [5, 5.41) is 9.31. The Balaban J connectivity index is 1.54. The van der Waals surface area contributed by atoms with E-state index in [0.717, 1.165) is 42.7 Å². The van der Waals surface area contributed by atoms with Crippen LogP contribution in [-0.2, 0) is 16.0 Å². The number of anilines is 1. The highest BCUT2D eigenvalue weighted by Crippen LogP contribution is 2.26. The second-order valence-corrected chi connectivity index (χ2v) is 6.65. The lowest BCUT2D eigenvalue weighted by atomic mass is 9.97. The van der Waals surface area contributed by atoms with Gasteiger partial charge in [-0.2, -0.15) is 0 Å². The van der Waals surface area contributed by atoms with Crippen molar-refractivity contribution >= 4 is 17.5 Å². The molecule has 2 aliphatic rings. The summed E-state index contributed by atoms with van der Waals surface area (Å²) in [6.07, 6.45) is 4.04. The van der Waals surface area contributed by atoms with E-state index in [1.54, 1.807) is 0 Å². The van der Waals surface area contributed by atoms with Gasteiger partial charge in [-0.1, -0.05) is 12.1 Å². The van der Waals surface area contributed by atoms with Crippen molar-refractivity contribution in [1.82, 2.24) is 10.6 Å². The minimum absolute atomic E-state index is 0.00729. The smallest absolute Gasteiger partial charge is 0.224 e. The summed E-state index contributed by atoms with van der Waals surface area (Å²) in [6.45, 7) is 4.13.